The number of hydrogen-bond donors (Lipinski definition) is 1. The molecule has 5 rings (SSSR count). The molecule has 0 aliphatic rings. The highest BCUT2D eigenvalue weighted by atomic mass is 32.1. The van der Waals surface area contributed by atoms with E-state index in [4.69, 9.17) is 0 Å². The van der Waals surface area contributed by atoms with Crippen LogP contribution in [0.4, 0.5) is 5.13 Å². The largest absolute Gasteiger partial charge is 0.342 e. The first-order valence-electron chi connectivity index (χ1n) is 9.13. The Morgan fingerprint density at radius 2 is 1.79 bits per heavy atom. The molecule has 0 atom stereocenters. The number of hydrogen-bond acceptors (Lipinski definition) is 4. The van der Waals surface area contributed by atoms with Gasteiger partial charge in [0.25, 0.3) is 0 Å². The standard InChI is InChI=1S/C23H18N4S/c1-2-11-20-17(7-1)8-5-9-18(20)16-27-14-6-10-19(27)15-24-26-23-25-21-12-3-4-13-22(21)28-23/h1-15H,16H2,(H,25,26)/b24-15+. The lowest BCUT2D eigenvalue weighted by molar-refractivity contribution is 0.805. The van der Waals surface area contributed by atoms with Gasteiger partial charge in [0.15, 0.2) is 0 Å². The second-order valence-corrected chi connectivity index (χ2v) is 7.59. The summed E-state index contributed by atoms with van der Waals surface area (Å²) in [6.07, 6.45) is 3.93. The molecule has 5 heteroatoms. The van der Waals surface area contributed by atoms with Crippen LogP contribution in [0, 0.1) is 0 Å². The van der Waals surface area contributed by atoms with Crippen LogP contribution in [0.15, 0.2) is 90.2 Å². The fraction of sp³-hybridized carbons (Fsp3) is 0.0435. The van der Waals surface area contributed by atoms with Crippen LogP contribution in [0.1, 0.15) is 11.3 Å². The zero-order valence-electron chi connectivity index (χ0n) is 15.1. The molecule has 4 nitrogen and oxygen atoms in total. The zero-order valence-corrected chi connectivity index (χ0v) is 15.9. The van der Waals surface area contributed by atoms with Crippen LogP contribution in [-0.4, -0.2) is 15.8 Å². The van der Waals surface area contributed by atoms with Crippen molar-refractivity contribution in [3.05, 3.63) is 96.3 Å². The van der Waals surface area contributed by atoms with E-state index >= 15 is 0 Å². The van der Waals surface area contributed by atoms with Gasteiger partial charge in [0.05, 0.1) is 22.1 Å². The van der Waals surface area contributed by atoms with E-state index < -0.39 is 0 Å². The van der Waals surface area contributed by atoms with Crippen LogP contribution in [0.25, 0.3) is 21.0 Å². The Morgan fingerprint density at radius 1 is 0.929 bits per heavy atom. The molecule has 0 amide bonds. The Kier molecular flexibility index (Phi) is 4.35. The number of fused-ring (bicyclic) bond motifs is 2. The molecule has 3 aromatic carbocycles. The van der Waals surface area contributed by atoms with Gasteiger partial charge in [-0.05, 0) is 40.6 Å². The van der Waals surface area contributed by atoms with Gasteiger partial charge in [0.1, 0.15) is 0 Å². The van der Waals surface area contributed by atoms with Crippen LogP contribution in [0.5, 0.6) is 0 Å². The number of nitrogens with one attached hydrogen (secondary N) is 1. The summed E-state index contributed by atoms with van der Waals surface area (Å²) in [6, 6.07) is 27.1. The molecule has 0 fully saturated rings. The molecule has 2 aromatic heterocycles. The molecule has 0 bridgehead atoms. The maximum Gasteiger partial charge on any atom is 0.204 e. The van der Waals surface area contributed by atoms with Crippen LogP contribution in [0.2, 0.25) is 0 Å². The Hall–Kier alpha value is -3.44. The quantitative estimate of drug-likeness (QED) is 0.311. The van der Waals surface area contributed by atoms with Crippen molar-refractivity contribution in [2.24, 2.45) is 5.10 Å². The van der Waals surface area contributed by atoms with E-state index in [0.29, 0.717) is 0 Å². The van der Waals surface area contributed by atoms with Gasteiger partial charge in [0, 0.05) is 12.7 Å². The summed E-state index contributed by atoms with van der Waals surface area (Å²) < 4.78 is 3.35. The average Bonchev–Trinajstić information content (AvgIpc) is 3.35. The van der Waals surface area contributed by atoms with Crippen LogP contribution in [-0.2, 0) is 6.54 Å². The molecule has 136 valence electrons. The molecule has 0 unspecified atom stereocenters. The molecule has 0 saturated heterocycles. The van der Waals surface area contributed by atoms with E-state index in [1.54, 1.807) is 11.3 Å². The average molecular weight is 382 g/mol. The number of para-hydroxylation sites is 1. The third-order valence-corrected chi connectivity index (χ3v) is 5.68. The molecule has 0 radical (unpaired) electrons. The topological polar surface area (TPSA) is 42.2 Å². The Bertz CT molecular complexity index is 1240. The van der Waals surface area contributed by atoms with Gasteiger partial charge < -0.3 is 4.57 Å². The summed E-state index contributed by atoms with van der Waals surface area (Å²) in [5.74, 6) is 0. The lowest BCUT2D eigenvalue weighted by Crippen LogP contribution is -2.04. The fourth-order valence-corrected chi connectivity index (χ4v) is 4.19. The second kappa shape index (κ2) is 7.29. The third kappa shape index (κ3) is 3.28. The normalized spacial score (nSPS) is 11.6. The minimum atomic E-state index is 0.796. The minimum Gasteiger partial charge on any atom is -0.342 e. The lowest BCUT2D eigenvalue weighted by Gasteiger charge is -2.09. The first kappa shape index (κ1) is 16.7. The molecular weight excluding hydrogens is 364 g/mol. The first-order chi connectivity index (χ1) is 13.9. The number of hydrazone groups is 1. The highest BCUT2D eigenvalue weighted by Gasteiger charge is 2.04. The summed E-state index contributed by atoms with van der Waals surface area (Å²) in [5, 5.41) is 7.74. The highest BCUT2D eigenvalue weighted by molar-refractivity contribution is 7.22. The predicted molar refractivity (Wildman–Crippen MR) is 118 cm³/mol. The molecule has 1 N–H and O–H groups in total. The molecule has 0 saturated carbocycles. The number of aromatic nitrogens is 2. The van der Waals surface area contributed by atoms with Gasteiger partial charge in [-0.1, -0.05) is 65.9 Å². The van der Waals surface area contributed by atoms with Crippen molar-refractivity contribution < 1.29 is 0 Å². The SMILES string of the molecule is C(=N\Nc1nc2ccccc2s1)/c1cccn1Cc1cccc2ccccc12. The summed E-state index contributed by atoms with van der Waals surface area (Å²) in [5.41, 5.74) is 6.38. The number of nitrogens with zero attached hydrogens (tertiary/aromatic N) is 3. The van der Waals surface area contributed by atoms with Crippen molar-refractivity contribution in [1.82, 2.24) is 9.55 Å². The zero-order chi connectivity index (χ0) is 18.8. The van der Waals surface area contributed by atoms with E-state index in [9.17, 15) is 0 Å². The summed E-state index contributed by atoms with van der Waals surface area (Å²) in [7, 11) is 0. The first-order valence-corrected chi connectivity index (χ1v) is 9.95. The van der Waals surface area contributed by atoms with E-state index in [-0.39, 0.29) is 0 Å². The van der Waals surface area contributed by atoms with Crippen molar-refractivity contribution in [3.63, 3.8) is 0 Å². The molecule has 0 aliphatic heterocycles. The monoisotopic (exact) mass is 382 g/mol. The molecule has 2 heterocycles. The van der Waals surface area contributed by atoms with E-state index in [2.05, 4.69) is 80.9 Å². The number of benzene rings is 3. The maximum absolute atomic E-state index is 4.54. The van der Waals surface area contributed by atoms with Crippen LogP contribution < -0.4 is 5.43 Å². The molecular formula is C23H18N4S. The number of rotatable bonds is 5. The van der Waals surface area contributed by atoms with Crippen molar-refractivity contribution >= 4 is 43.7 Å². The molecule has 5 aromatic rings. The molecule has 0 aliphatic carbocycles. The van der Waals surface area contributed by atoms with Gasteiger partial charge >= 0.3 is 0 Å². The Balaban J connectivity index is 1.36. The van der Waals surface area contributed by atoms with Crippen LogP contribution in [0.3, 0.4) is 0 Å². The lowest BCUT2D eigenvalue weighted by atomic mass is 10.0. The van der Waals surface area contributed by atoms with Gasteiger partial charge in [-0.3, -0.25) is 5.43 Å². The highest BCUT2D eigenvalue weighted by Crippen LogP contribution is 2.25. The fourth-order valence-electron chi connectivity index (χ4n) is 3.38. The summed E-state index contributed by atoms with van der Waals surface area (Å²) >= 11 is 1.60. The van der Waals surface area contributed by atoms with Gasteiger partial charge in [-0.25, -0.2) is 4.98 Å². The molecule has 28 heavy (non-hydrogen) atoms. The number of thiazole rings is 1. The molecule has 0 spiro atoms. The van der Waals surface area contributed by atoms with Gasteiger partial charge in [-0.15, -0.1) is 0 Å². The second-order valence-electron chi connectivity index (χ2n) is 6.56. The Morgan fingerprint density at radius 3 is 2.75 bits per heavy atom. The van der Waals surface area contributed by atoms with Crippen molar-refractivity contribution in [2.75, 3.05) is 5.43 Å². The summed E-state index contributed by atoms with van der Waals surface area (Å²) in [6.45, 7) is 0.802. The van der Waals surface area contributed by atoms with E-state index in [1.165, 1.54) is 16.3 Å². The van der Waals surface area contributed by atoms with Gasteiger partial charge in [0.2, 0.25) is 5.13 Å². The minimum absolute atomic E-state index is 0.796. The Labute approximate surface area is 166 Å². The smallest absolute Gasteiger partial charge is 0.204 e. The summed E-state index contributed by atoms with van der Waals surface area (Å²) in [4.78, 5) is 4.54. The van der Waals surface area contributed by atoms with Crippen molar-refractivity contribution in [1.29, 1.82) is 0 Å². The van der Waals surface area contributed by atoms with Crippen molar-refractivity contribution in [2.45, 2.75) is 6.54 Å². The van der Waals surface area contributed by atoms with Gasteiger partial charge in [-0.2, -0.15) is 5.10 Å². The van der Waals surface area contributed by atoms with Crippen molar-refractivity contribution in [3.8, 4) is 0 Å². The maximum atomic E-state index is 4.54. The van der Waals surface area contributed by atoms with Crippen LogP contribution >= 0.6 is 11.3 Å². The van der Waals surface area contributed by atoms with E-state index in [1.807, 2.05) is 30.5 Å². The predicted octanol–water partition coefficient (Wildman–Crippen LogP) is 5.75. The third-order valence-electron chi connectivity index (χ3n) is 4.74. The number of anilines is 1. The van der Waals surface area contributed by atoms with E-state index in [0.717, 1.165) is 27.6 Å².